The van der Waals surface area contributed by atoms with Crippen LogP contribution in [0.5, 0.6) is 5.75 Å². The van der Waals surface area contributed by atoms with Crippen molar-refractivity contribution in [3.63, 3.8) is 0 Å². The monoisotopic (exact) mass is 445 g/mol. The summed E-state index contributed by atoms with van der Waals surface area (Å²) in [5.41, 5.74) is 1.33. The maximum Gasteiger partial charge on any atom is 0.262 e. The summed E-state index contributed by atoms with van der Waals surface area (Å²) in [6.45, 7) is 4.29. The van der Waals surface area contributed by atoms with Crippen molar-refractivity contribution >= 4 is 21.6 Å². The summed E-state index contributed by atoms with van der Waals surface area (Å²) in [4.78, 5) is 17.2. The molecule has 8 nitrogen and oxygen atoms in total. The molecule has 0 spiro atoms. The molecule has 0 radical (unpaired) electrons. The number of carbonyl (C=O) groups excluding carboxylic acids is 1. The Morgan fingerprint density at radius 2 is 1.90 bits per heavy atom. The maximum absolute atomic E-state index is 13.1. The Kier molecular flexibility index (Phi) is 5.92. The largest absolute Gasteiger partial charge is 0.497 e. The highest BCUT2D eigenvalue weighted by molar-refractivity contribution is 7.92. The van der Waals surface area contributed by atoms with Gasteiger partial charge >= 0.3 is 0 Å². The fourth-order valence-electron chi connectivity index (χ4n) is 4.10. The number of anilines is 1. The number of hydrogen-bond donors (Lipinski definition) is 1. The van der Waals surface area contributed by atoms with Gasteiger partial charge in [0.15, 0.2) is 0 Å². The minimum absolute atomic E-state index is 0.00640. The number of aryl methyl sites for hydroxylation is 1. The third-order valence-corrected chi connectivity index (χ3v) is 7.46. The van der Waals surface area contributed by atoms with E-state index in [-0.39, 0.29) is 22.9 Å². The topological polar surface area (TPSA) is 88.2 Å². The van der Waals surface area contributed by atoms with Crippen LogP contribution in [0, 0.1) is 6.92 Å². The number of hydrogen-bond acceptors (Lipinski definition) is 6. The number of benzene rings is 2. The number of likely N-dealkylation sites (N-methyl/N-ethyl adjacent to an activating group) is 1. The Hall–Kier alpha value is -2.62. The molecule has 31 heavy (non-hydrogen) atoms. The Morgan fingerprint density at radius 3 is 2.58 bits per heavy atom. The third kappa shape index (κ3) is 4.39. The number of amides is 1. The van der Waals surface area contributed by atoms with Gasteiger partial charge in [-0.3, -0.25) is 14.4 Å². The van der Waals surface area contributed by atoms with Crippen LogP contribution in [0.1, 0.15) is 15.9 Å². The minimum Gasteiger partial charge on any atom is -0.497 e. The highest BCUT2D eigenvalue weighted by Gasteiger charge is 2.40. The maximum atomic E-state index is 13.1. The molecule has 2 atom stereocenters. The van der Waals surface area contributed by atoms with E-state index in [0.29, 0.717) is 42.3 Å². The highest BCUT2D eigenvalue weighted by Crippen LogP contribution is 2.26. The second-order valence-electron chi connectivity index (χ2n) is 7.98. The fourth-order valence-corrected chi connectivity index (χ4v) is 5.43. The zero-order valence-electron chi connectivity index (χ0n) is 17.9. The van der Waals surface area contributed by atoms with Crippen molar-refractivity contribution in [3.8, 4) is 5.75 Å². The molecule has 9 heteroatoms. The van der Waals surface area contributed by atoms with Crippen LogP contribution in [-0.2, 0) is 14.8 Å². The van der Waals surface area contributed by atoms with Gasteiger partial charge in [-0.1, -0.05) is 6.07 Å². The van der Waals surface area contributed by atoms with E-state index in [2.05, 4.69) is 9.62 Å². The lowest BCUT2D eigenvalue weighted by Crippen LogP contribution is -2.48. The van der Waals surface area contributed by atoms with Crippen LogP contribution >= 0.6 is 0 Å². The van der Waals surface area contributed by atoms with Crippen molar-refractivity contribution < 1.29 is 22.7 Å². The molecule has 166 valence electrons. The molecule has 4 rings (SSSR count). The standard InChI is InChI=1S/C22H27N3O5S/c1-15-4-5-16(22(26)25-13-19-20(14-25)30-11-10-24(19)2)12-21(15)31(27,28)23-17-6-8-18(29-3)9-7-17/h4-9,12,19-20,23H,10-11,13-14H2,1-3H3/t19-,20-/m1/s1. The first-order valence-electron chi connectivity index (χ1n) is 10.2. The van der Waals surface area contributed by atoms with Crippen molar-refractivity contribution in [2.75, 3.05) is 45.1 Å². The molecule has 0 unspecified atom stereocenters. The van der Waals surface area contributed by atoms with Crippen LogP contribution in [0.2, 0.25) is 0 Å². The van der Waals surface area contributed by atoms with Gasteiger partial charge in [0.25, 0.3) is 15.9 Å². The molecule has 0 bridgehead atoms. The molecule has 2 aromatic rings. The lowest BCUT2D eigenvalue weighted by atomic mass is 10.1. The van der Waals surface area contributed by atoms with Crippen LogP contribution in [0.4, 0.5) is 5.69 Å². The Morgan fingerprint density at radius 1 is 1.16 bits per heavy atom. The number of rotatable bonds is 5. The van der Waals surface area contributed by atoms with Gasteiger partial charge < -0.3 is 14.4 Å². The van der Waals surface area contributed by atoms with Gasteiger partial charge in [0.1, 0.15) is 5.75 Å². The molecule has 2 fully saturated rings. The van der Waals surface area contributed by atoms with E-state index in [1.807, 2.05) is 7.05 Å². The Bertz CT molecular complexity index is 1070. The molecule has 1 N–H and O–H groups in total. The fraction of sp³-hybridized carbons (Fsp3) is 0.409. The van der Waals surface area contributed by atoms with Crippen molar-refractivity contribution in [2.24, 2.45) is 0 Å². The molecule has 0 aliphatic carbocycles. The zero-order valence-corrected chi connectivity index (χ0v) is 18.7. The molecule has 2 heterocycles. The van der Waals surface area contributed by atoms with Crippen LogP contribution < -0.4 is 9.46 Å². The van der Waals surface area contributed by atoms with E-state index in [1.165, 1.54) is 6.07 Å². The smallest absolute Gasteiger partial charge is 0.262 e. The van der Waals surface area contributed by atoms with Gasteiger partial charge in [-0.2, -0.15) is 0 Å². The quantitative estimate of drug-likeness (QED) is 0.757. The van der Waals surface area contributed by atoms with Crippen LogP contribution in [0.3, 0.4) is 0 Å². The number of morpholine rings is 1. The second kappa shape index (κ2) is 8.49. The van der Waals surface area contributed by atoms with Gasteiger partial charge in [-0.25, -0.2) is 8.42 Å². The number of carbonyl (C=O) groups is 1. The first-order valence-corrected chi connectivity index (χ1v) is 11.7. The highest BCUT2D eigenvalue weighted by atomic mass is 32.2. The van der Waals surface area contributed by atoms with E-state index < -0.39 is 10.0 Å². The number of likely N-dealkylation sites (tertiary alicyclic amines) is 1. The van der Waals surface area contributed by atoms with Crippen LogP contribution in [0.25, 0.3) is 0 Å². The molecule has 2 saturated heterocycles. The number of nitrogens with one attached hydrogen (secondary N) is 1. The normalized spacial score (nSPS) is 21.6. The summed E-state index contributed by atoms with van der Waals surface area (Å²) >= 11 is 0. The zero-order chi connectivity index (χ0) is 22.2. The second-order valence-corrected chi connectivity index (χ2v) is 9.63. The van der Waals surface area contributed by atoms with E-state index in [9.17, 15) is 13.2 Å². The number of sulfonamides is 1. The molecular formula is C22H27N3O5S. The molecular weight excluding hydrogens is 418 g/mol. The number of fused-ring (bicyclic) bond motifs is 1. The van der Waals surface area contributed by atoms with Gasteiger partial charge in [0.05, 0.1) is 30.8 Å². The summed E-state index contributed by atoms with van der Waals surface area (Å²) in [6, 6.07) is 11.6. The van der Waals surface area contributed by atoms with Crippen LogP contribution in [0.15, 0.2) is 47.4 Å². The third-order valence-electron chi connectivity index (χ3n) is 5.93. The SMILES string of the molecule is COc1ccc(NS(=O)(=O)c2cc(C(=O)N3C[C@@H]4[C@@H](C3)OCCN4C)ccc2C)cc1. The molecule has 2 aromatic carbocycles. The average molecular weight is 446 g/mol. The summed E-state index contributed by atoms with van der Waals surface area (Å²) in [5.74, 6) is 0.444. The van der Waals surface area contributed by atoms with Gasteiger partial charge in [0.2, 0.25) is 0 Å². The lowest BCUT2D eigenvalue weighted by molar-refractivity contribution is -0.0368. The van der Waals surface area contributed by atoms with Gasteiger partial charge in [-0.05, 0) is 55.9 Å². The summed E-state index contributed by atoms with van der Waals surface area (Å²) in [6.07, 6.45) is -0.00640. The van der Waals surface area contributed by atoms with Crippen molar-refractivity contribution in [3.05, 3.63) is 53.6 Å². The van der Waals surface area contributed by atoms with Gasteiger partial charge in [-0.15, -0.1) is 0 Å². The predicted octanol–water partition coefficient (Wildman–Crippen LogP) is 1.96. The number of methoxy groups -OCH3 is 1. The van der Waals surface area contributed by atoms with E-state index in [4.69, 9.17) is 9.47 Å². The summed E-state index contributed by atoms with van der Waals surface area (Å²) < 4.78 is 39.6. The Balaban J connectivity index is 1.55. The number of ether oxygens (including phenoxy) is 2. The molecule has 0 saturated carbocycles. The van der Waals surface area contributed by atoms with E-state index >= 15 is 0 Å². The van der Waals surface area contributed by atoms with Gasteiger partial charge in [0, 0.05) is 30.9 Å². The van der Waals surface area contributed by atoms with Crippen LogP contribution in [-0.4, -0.2) is 76.7 Å². The lowest BCUT2D eigenvalue weighted by Gasteiger charge is -2.33. The van der Waals surface area contributed by atoms with Crippen molar-refractivity contribution in [2.45, 2.75) is 24.0 Å². The summed E-state index contributed by atoms with van der Waals surface area (Å²) in [7, 11) is -0.284. The van der Waals surface area contributed by atoms with Crippen molar-refractivity contribution in [1.82, 2.24) is 9.80 Å². The number of nitrogens with zero attached hydrogens (tertiary/aromatic N) is 2. The van der Waals surface area contributed by atoms with E-state index in [1.54, 1.807) is 55.3 Å². The van der Waals surface area contributed by atoms with Crippen molar-refractivity contribution in [1.29, 1.82) is 0 Å². The average Bonchev–Trinajstić information content (AvgIpc) is 3.19. The minimum atomic E-state index is -3.87. The molecule has 2 aliphatic heterocycles. The molecule has 0 aromatic heterocycles. The molecule has 2 aliphatic rings. The Labute approximate surface area is 182 Å². The predicted molar refractivity (Wildman–Crippen MR) is 117 cm³/mol. The first-order chi connectivity index (χ1) is 14.8. The summed E-state index contributed by atoms with van der Waals surface area (Å²) in [5, 5.41) is 0. The van der Waals surface area contributed by atoms with E-state index in [0.717, 1.165) is 6.54 Å². The first kappa shape index (κ1) is 21.6. The molecule has 1 amide bonds.